The van der Waals surface area contributed by atoms with Crippen LogP contribution in [0.15, 0.2) is 199 Å². The second kappa shape index (κ2) is 13.4. The van der Waals surface area contributed by atoms with Crippen molar-refractivity contribution < 1.29 is 0 Å². The number of para-hydroxylation sites is 4. The van der Waals surface area contributed by atoms with Gasteiger partial charge in [-0.05, 0) is 91.1 Å². The second-order valence-corrected chi connectivity index (χ2v) is 15.0. The summed E-state index contributed by atoms with van der Waals surface area (Å²) in [6.45, 7) is 0. The Morgan fingerprint density at radius 3 is 1.86 bits per heavy atom. The van der Waals surface area contributed by atoms with E-state index in [2.05, 4.69) is 203 Å². The molecule has 4 nitrogen and oxygen atoms in total. The highest BCUT2D eigenvalue weighted by Crippen LogP contribution is 2.44. The molecular weight excluding hydrogens is 681 g/mol. The third kappa shape index (κ3) is 5.32. The van der Waals surface area contributed by atoms with Crippen LogP contribution in [0.2, 0.25) is 0 Å². The molecule has 268 valence electrons. The van der Waals surface area contributed by atoms with Crippen molar-refractivity contribution >= 4 is 49.3 Å². The molecule has 4 heteroatoms. The highest BCUT2D eigenvalue weighted by Gasteiger charge is 2.27. The smallest absolute Gasteiger partial charge is 0.145 e. The van der Waals surface area contributed by atoms with Gasteiger partial charge >= 0.3 is 0 Å². The van der Waals surface area contributed by atoms with Gasteiger partial charge in [-0.25, -0.2) is 0 Å². The summed E-state index contributed by atoms with van der Waals surface area (Å²) in [6.07, 6.45) is 10.1. The van der Waals surface area contributed by atoms with Crippen LogP contribution in [0.5, 0.6) is 0 Å². The summed E-state index contributed by atoms with van der Waals surface area (Å²) in [7, 11) is 0. The molecule has 2 aromatic heterocycles. The molecular formula is C52H40N4. The van der Waals surface area contributed by atoms with E-state index in [1.54, 1.807) is 0 Å². The Morgan fingerprint density at radius 2 is 1.14 bits per heavy atom. The maximum absolute atomic E-state index is 5.56. The van der Waals surface area contributed by atoms with Gasteiger partial charge < -0.3 is 14.5 Å². The topological polar surface area (TPSA) is 34.2 Å². The summed E-state index contributed by atoms with van der Waals surface area (Å²) in [5.74, 6) is 0.421. The van der Waals surface area contributed by atoms with Crippen LogP contribution in [0.4, 0.5) is 0 Å². The predicted molar refractivity (Wildman–Crippen MR) is 234 cm³/mol. The van der Waals surface area contributed by atoms with Crippen molar-refractivity contribution in [3.05, 3.63) is 205 Å². The van der Waals surface area contributed by atoms with Crippen LogP contribution in [0.25, 0.3) is 66.1 Å². The largest absolute Gasteiger partial charge is 0.363 e. The Hall–Kier alpha value is -6.91. The Kier molecular flexibility index (Phi) is 7.80. The number of hydrogen-bond donors (Lipinski definition) is 1. The Bertz CT molecular complexity index is 3020. The van der Waals surface area contributed by atoms with E-state index in [1.807, 2.05) is 0 Å². The Balaban J connectivity index is 1.23. The van der Waals surface area contributed by atoms with E-state index in [1.165, 1.54) is 66.0 Å². The van der Waals surface area contributed by atoms with E-state index < -0.39 is 0 Å². The average Bonchev–Trinajstić information content (AvgIpc) is 3.80. The molecule has 7 aromatic carbocycles. The molecule has 1 N–H and O–H groups in total. The molecule has 2 unspecified atom stereocenters. The maximum Gasteiger partial charge on any atom is 0.145 e. The average molecular weight is 721 g/mol. The van der Waals surface area contributed by atoms with Gasteiger partial charge in [0, 0.05) is 55.7 Å². The number of nitrogens with one attached hydrogen (secondary N) is 1. The third-order valence-electron chi connectivity index (χ3n) is 11.8. The van der Waals surface area contributed by atoms with Gasteiger partial charge in [-0.15, -0.1) is 0 Å². The number of aromatic nitrogens is 2. The number of nitrogens with zero attached hydrogens (tertiary/aromatic N) is 3. The lowest BCUT2D eigenvalue weighted by molar-refractivity contribution is 0.477. The van der Waals surface area contributed by atoms with Gasteiger partial charge in [-0.2, -0.15) is 0 Å². The number of benzene rings is 7. The zero-order chi connectivity index (χ0) is 37.0. The maximum atomic E-state index is 5.56. The minimum atomic E-state index is -0.183. The summed E-state index contributed by atoms with van der Waals surface area (Å²) < 4.78 is 4.82. The number of aliphatic imine (C=N–C) groups is 1. The molecule has 0 amide bonds. The van der Waals surface area contributed by atoms with Crippen molar-refractivity contribution in [1.29, 1.82) is 0 Å². The standard InChI is InChI=1S/C52H40N4/c1-5-17-35(18-6-1)44-34-45(54-52(53-44)36-19-7-2-8-20-36)41-30-32-49-51(42-26-14-16-28-47(42)56(49)39-23-11-4-12-24-39)50(41)37-29-31-48-43(33-37)40-25-13-15-27-46(40)55(48)38-21-9-3-10-22-38/h1-5,7-16,19-35,52-53H,6,17-18H2. The molecule has 11 rings (SSSR count). The van der Waals surface area contributed by atoms with Crippen LogP contribution in [0.1, 0.15) is 36.6 Å². The predicted octanol–water partition coefficient (Wildman–Crippen LogP) is 12.9. The fourth-order valence-electron chi connectivity index (χ4n) is 9.22. The van der Waals surface area contributed by atoms with E-state index in [9.17, 15) is 0 Å². The zero-order valence-corrected chi connectivity index (χ0v) is 31.0. The molecule has 1 aliphatic carbocycles. The quantitative estimate of drug-likeness (QED) is 0.171. The molecule has 0 saturated heterocycles. The number of hydrogen-bond acceptors (Lipinski definition) is 2. The van der Waals surface area contributed by atoms with E-state index in [0.29, 0.717) is 5.92 Å². The number of fused-ring (bicyclic) bond motifs is 6. The third-order valence-corrected chi connectivity index (χ3v) is 11.8. The molecule has 2 aliphatic rings. The van der Waals surface area contributed by atoms with Crippen molar-refractivity contribution in [2.24, 2.45) is 10.9 Å². The summed E-state index contributed by atoms with van der Waals surface area (Å²) in [6, 6.07) is 61.6. The van der Waals surface area contributed by atoms with Gasteiger partial charge in [0.25, 0.3) is 0 Å². The Morgan fingerprint density at radius 1 is 0.536 bits per heavy atom. The first-order chi connectivity index (χ1) is 27.8. The van der Waals surface area contributed by atoms with E-state index >= 15 is 0 Å². The molecule has 2 atom stereocenters. The first-order valence-corrected chi connectivity index (χ1v) is 19.8. The molecule has 0 bridgehead atoms. The SMILES string of the molecule is C1=CCC(C2=CC(c3ccc4c(c3-c3ccc5c(c3)c3ccccc3n5-c3ccccc3)c3ccccc3n4-c3ccccc3)=NC(c3ccccc3)N2)CC1. The van der Waals surface area contributed by atoms with Gasteiger partial charge in [-0.3, -0.25) is 4.99 Å². The van der Waals surface area contributed by atoms with Crippen LogP contribution in [-0.4, -0.2) is 14.8 Å². The summed E-state index contributed by atoms with van der Waals surface area (Å²) in [4.78, 5) is 5.56. The van der Waals surface area contributed by atoms with Crippen molar-refractivity contribution in [3.8, 4) is 22.5 Å². The van der Waals surface area contributed by atoms with Gasteiger partial charge in [-0.1, -0.05) is 127 Å². The monoisotopic (exact) mass is 720 g/mol. The van der Waals surface area contributed by atoms with Crippen LogP contribution < -0.4 is 5.32 Å². The molecule has 1 aliphatic heterocycles. The van der Waals surface area contributed by atoms with Crippen LogP contribution in [-0.2, 0) is 0 Å². The van der Waals surface area contributed by atoms with Crippen molar-refractivity contribution in [1.82, 2.24) is 14.5 Å². The van der Waals surface area contributed by atoms with E-state index in [-0.39, 0.29) is 6.17 Å². The molecule has 3 heterocycles. The van der Waals surface area contributed by atoms with Crippen molar-refractivity contribution in [2.75, 3.05) is 0 Å². The lowest BCUT2D eigenvalue weighted by Gasteiger charge is -2.30. The summed E-state index contributed by atoms with van der Waals surface area (Å²) >= 11 is 0. The fraction of sp³-hybridized carbons (Fsp3) is 0.0962. The van der Waals surface area contributed by atoms with Gasteiger partial charge in [0.1, 0.15) is 6.17 Å². The second-order valence-electron chi connectivity index (χ2n) is 15.0. The first kappa shape index (κ1) is 32.5. The molecule has 9 aromatic rings. The van der Waals surface area contributed by atoms with Crippen LogP contribution >= 0.6 is 0 Å². The van der Waals surface area contributed by atoms with Crippen LogP contribution in [0, 0.1) is 5.92 Å². The van der Waals surface area contributed by atoms with Gasteiger partial charge in [0.05, 0.1) is 27.8 Å². The minimum Gasteiger partial charge on any atom is -0.363 e. The first-order valence-electron chi connectivity index (χ1n) is 19.8. The van der Waals surface area contributed by atoms with E-state index in [4.69, 9.17) is 4.99 Å². The van der Waals surface area contributed by atoms with Crippen molar-refractivity contribution in [3.63, 3.8) is 0 Å². The normalized spacial score (nSPS) is 17.0. The number of allylic oxidation sites excluding steroid dienone is 4. The summed E-state index contributed by atoms with van der Waals surface area (Å²) in [5, 5.41) is 8.82. The van der Waals surface area contributed by atoms with Gasteiger partial charge in [0.2, 0.25) is 0 Å². The minimum absolute atomic E-state index is 0.183. The number of rotatable bonds is 6. The molecule has 0 saturated carbocycles. The highest BCUT2D eigenvalue weighted by atomic mass is 15.1. The molecule has 0 spiro atoms. The molecule has 0 radical (unpaired) electrons. The van der Waals surface area contributed by atoms with Crippen molar-refractivity contribution in [2.45, 2.75) is 25.4 Å². The van der Waals surface area contributed by atoms with E-state index in [0.717, 1.165) is 41.9 Å². The lowest BCUT2D eigenvalue weighted by Crippen LogP contribution is -2.30. The summed E-state index contributed by atoms with van der Waals surface area (Å²) in [5.41, 5.74) is 14.1. The fourth-order valence-corrected chi connectivity index (χ4v) is 9.22. The Labute approximate surface area is 326 Å². The molecule has 0 fully saturated rings. The molecule has 56 heavy (non-hydrogen) atoms. The lowest BCUT2D eigenvalue weighted by atomic mass is 9.87. The van der Waals surface area contributed by atoms with Gasteiger partial charge in [0.15, 0.2) is 0 Å². The van der Waals surface area contributed by atoms with Crippen LogP contribution in [0.3, 0.4) is 0 Å². The highest BCUT2D eigenvalue weighted by molar-refractivity contribution is 6.24. The zero-order valence-electron chi connectivity index (χ0n) is 31.0.